The van der Waals surface area contributed by atoms with Crippen LogP contribution in [0.3, 0.4) is 0 Å². The molecule has 0 bridgehead atoms. The lowest BCUT2D eigenvalue weighted by atomic mass is 10.0. The third kappa shape index (κ3) is 8.28. The molecular formula is C19H35N5O5. The first kappa shape index (κ1) is 24.7. The number of nitrogens with one attached hydrogen (secondary N) is 3. The number of hydroxylamine groups is 3. The number of hydrogen-bond donors (Lipinski definition) is 4. The summed E-state index contributed by atoms with van der Waals surface area (Å²) < 4.78 is 0. The van der Waals surface area contributed by atoms with Gasteiger partial charge in [0.05, 0.1) is 23.9 Å². The highest BCUT2D eigenvalue weighted by Crippen LogP contribution is 2.15. The van der Waals surface area contributed by atoms with Gasteiger partial charge in [-0.15, -0.1) is 0 Å². The van der Waals surface area contributed by atoms with Crippen molar-refractivity contribution in [1.29, 1.82) is 0 Å². The molecule has 0 saturated heterocycles. The second kappa shape index (κ2) is 13.0. The number of hydrogen-bond acceptors (Lipinski definition) is 6. The third-order valence-corrected chi connectivity index (χ3v) is 4.72. The highest BCUT2D eigenvalue weighted by Gasteiger charge is 2.27. The minimum absolute atomic E-state index is 0.124. The summed E-state index contributed by atoms with van der Waals surface area (Å²) in [6, 6.07) is -0.469. The molecule has 0 saturated carbocycles. The van der Waals surface area contributed by atoms with Gasteiger partial charge in [-0.1, -0.05) is 39.5 Å². The summed E-state index contributed by atoms with van der Waals surface area (Å²) in [6.07, 6.45) is 4.72. The Morgan fingerprint density at radius 3 is 2.52 bits per heavy atom. The predicted molar refractivity (Wildman–Crippen MR) is 107 cm³/mol. The van der Waals surface area contributed by atoms with Crippen molar-refractivity contribution in [3.63, 3.8) is 0 Å². The van der Waals surface area contributed by atoms with E-state index in [0.29, 0.717) is 35.8 Å². The van der Waals surface area contributed by atoms with Crippen molar-refractivity contribution in [2.75, 3.05) is 13.1 Å². The molecule has 0 aromatic rings. The number of allylic oxidation sites excluding steroid dienone is 1. The van der Waals surface area contributed by atoms with Gasteiger partial charge in [0, 0.05) is 6.54 Å². The molecule has 0 spiro atoms. The Balaban J connectivity index is 2.83. The zero-order valence-corrected chi connectivity index (χ0v) is 17.9. The van der Waals surface area contributed by atoms with Gasteiger partial charge in [-0.25, -0.2) is 14.9 Å². The van der Waals surface area contributed by atoms with Crippen LogP contribution in [0.2, 0.25) is 0 Å². The molecule has 0 aromatic heterocycles. The van der Waals surface area contributed by atoms with Crippen molar-refractivity contribution in [2.24, 2.45) is 5.92 Å². The monoisotopic (exact) mass is 413 g/mol. The molecule has 1 aliphatic rings. The summed E-state index contributed by atoms with van der Waals surface area (Å²) in [5.41, 5.74) is 6.68. The molecule has 4 N–H and O–H groups in total. The van der Waals surface area contributed by atoms with Crippen LogP contribution < -0.4 is 16.2 Å². The van der Waals surface area contributed by atoms with Gasteiger partial charge in [0.2, 0.25) is 12.3 Å². The number of unbranched alkanes of at least 4 members (excludes halogenated alkanes) is 3. The maximum atomic E-state index is 12.8. The van der Waals surface area contributed by atoms with Crippen molar-refractivity contribution in [3.05, 3.63) is 11.4 Å². The highest BCUT2D eigenvalue weighted by molar-refractivity contribution is 5.83. The maximum Gasteiger partial charge on any atom is 0.340 e. The zero-order valence-electron chi connectivity index (χ0n) is 17.9. The summed E-state index contributed by atoms with van der Waals surface area (Å²) in [5, 5.41) is 14.0. The van der Waals surface area contributed by atoms with Crippen LogP contribution in [0.25, 0.3) is 0 Å². The predicted octanol–water partition coefficient (Wildman–Crippen LogP) is 2.03. The first-order chi connectivity index (χ1) is 13.8. The molecule has 166 valence electrons. The summed E-state index contributed by atoms with van der Waals surface area (Å²) >= 11 is 0. The van der Waals surface area contributed by atoms with Gasteiger partial charge >= 0.3 is 6.03 Å². The van der Waals surface area contributed by atoms with E-state index >= 15 is 0 Å². The second-order valence-electron chi connectivity index (χ2n) is 7.23. The Kier molecular flexibility index (Phi) is 11.1. The maximum absolute atomic E-state index is 12.8. The lowest BCUT2D eigenvalue weighted by molar-refractivity contribution is -0.155. The first-order valence-electron chi connectivity index (χ1n) is 10.3. The van der Waals surface area contributed by atoms with E-state index in [-0.39, 0.29) is 19.1 Å². The van der Waals surface area contributed by atoms with E-state index < -0.39 is 17.9 Å². The first-order valence-corrected chi connectivity index (χ1v) is 10.3. The largest absolute Gasteiger partial charge is 0.340 e. The number of amides is 4. The molecule has 2 atom stereocenters. The van der Waals surface area contributed by atoms with E-state index in [1.807, 2.05) is 6.92 Å². The van der Waals surface area contributed by atoms with Gasteiger partial charge in [0.1, 0.15) is 6.10 Å². The highest BCUT2D eigenvalue weighted by atomic mass is 16.7. The van der Waals surface area contributed by atoms with Crippen LogP contribution in [0.15, 0.2) is 11.4 Å². The smallest absolute Gasteiger partial charge is 0.306 e. The zero-order chi connectivity index (χ0) is 21.8. The van der Waals surface area contributed by atoms with Gasteiger partial charge in [-0.05, 0) is 26.7 Å². The lowest BCUT2D eigenvalue weighted by Gasteiger charge is -2.27. The van der Waals surface area contributed by atoms with Crippen LogP contribution in [-0.2, 0) is 14.4 Å². The summed E-state index contributed by atoms with van der Waals surface area (Å²) in [5.74, 6) is -1.03. The second-order valence-corrected chi connectivity index (χ2v) is 7.23. The van der Waals surface area contributed by atoms with Crippen molar-refractivity contribution in [3.8, 4) is 0 Å². The van der Waals surface area contributed by atoms with Crippen LogP contribution in [0.1, 0.15) is 66.2 Å². The van der Waals surface area contributed by atoms with Gasteiger partial charge in [0.15, 0.2) is 0 Å². The van der Waals surface area contributed by atoms with E-state index in [2.05, 4.69) is 23.1 Å². The number of carbonyl (C=O) groups excluding carboxylic acids is 3. The topological polar surface area (TPSA) is 123 Å². The fourth-order valence-corrected chi connectivity index (χ4v) is 2.94. The molecular weight excluding hydrogens is 378 g/mol. The molecule has 4 amide bonds. The van der Waals surface area contributed by atoms with Gasteiger partial charge in [-0.3, -0.25) is 30.5 Å². The molecule has 10 heteroatoms. The minimum atomic E-state index is -0.620. The van der Waals surface area contributed by atoms with Gasteiger partial charge < -0.3 is 5.32 Å². The third-order valence-electron chi connectivity index (χ3n) is 4.72. The Labute approximate surface area is 172 Å². The standard InChI is InChI=1S/C19H35N5O5/c1-5-7-9-10-16(12-23(28)13-25)18(26)21-24(11-8-6-2)19(27)20-17-14(3)22-29-15(17)4/h13,15-16,22,28H,5-12H2,1-4H3,(H,20,27)(H,21,26). The number of hydrazine groups is 1. The molecule has 29 heavy (non-hydrogen) atoms. The fraction of sp³-hybridized carbons (Fsp3) is 0.737. The van der Waals surface area contributed by atoms with E-state index in [0.717, 1.165) is 25.7 Å². The Morgan fingerprint density at radius 2 is 1.97 bits per heavy atom. The van der Waals surface area contributed by atoms with E-state index in [4.69, 9.17) is 4.84 Å². The molecule has 0 fully saturated rings. The molecule has 0 aliphatic carbocycles. The molecule has 0 radical (unpaired) electrons. The van der Waals surface area contributed by atoms with Crippen LogP contribution in [0.5, 0.6) is 0 Å². The van der Waals surface area contributed by atoms with Crippen molar-refractivity contribution in [2.45, 2.75) is 72.3 Å². The Bertz CT molecular complexity index is 583. The van der Waals surface area contributed by atoms with E-state index in [1.54, 1.807) is 13.8 Å². The summed E-state index contributed by atoms with van der Waals surface area (Å²) in [4.78, 5) is 41.6. The van der Waals surface area contributed by atoms with Gasteiger partial charge in [-0.2, -0.15) is 0 Å². The normalized spacial score (nSPS) is 16.8. The van der Waals surface area contributed by atoms with E-state index in [1.165, 1.54) is 5.01 Å². The Hall–Kier alpha value is -2.33. The van der Waals surface area contributed by atoms with Crippen molar-refractivity contribution < 1.29 is 24.4 Å². The minimum Gasteiger partial charge on any atom is -0.306 e. The molecule has 1 rings (SSSR count). The number of urea groups is 1. The van der Waals surface area contributed by atoms with Crippen LogP contribution in [0, 0.1) is 5.92 Å². The number of nitrogens with zero attached hydrogens (tertiary/aromatic N) is 2. The SMILES string of the molecule is CCCCCC(CN(O)C=O)C(=O)NN(CCCC)C(=O)NC1=C(C)NOC1C. The van der Waals surface area contributed by atoms with Crippen molar-refractivity contribution in [1.82, 2.24) is 26.3 Å². The van der Waals surface area contributed by atoms with Crippen molar-refractivity contribution >= 4 is 18.3 Å². The van der Waals surface area contributed by atoms with E-state index in [9.17, 15) is 19.6 Å². The molecule has 1 aliphatic heterocycles. The van der Waals surface area contributed by atoms with Crippen LogP contribution >= 0.6 is 0 Å². The number of rotatable bonds is 12. The lowest BCUT2D eigenvalue weighted by Crippen LogP contribution is -2.53. The van der Waals surface area contributed by atoms with Gasteiger partial charge in [0.25, 0.3) is 0 Å². The average molecular weight is 414 g/mol. The molecule has 0 aromatic carbocycles. The summed E-state index contributed by atoms with van der Waals surface area (Å²) in [6.45, 7) is 7.83. The quantitative estimate of drug-likeness (QED) is 0.168. The summed E-state index contributed by atoms with van der Waals surface area (Å²) in [7, 11) is 0. The molecule has 2 unspecified atom stereocenters. The Morgan fingerprint density at radius 1 is 1.28 bits per heavy atom. The van der Waals surface area contributed by atoms with Crippen LogP contribution in [0.4, 0.5) is 4.79 Å². The fourth-order valence-electron chi connectivity index (χ4n) is 2.94. The molecule has 10 nitrogen and oxygen atoms in total. The number of carbonyl (C=O) groups is 3. The average Bonchev–Trinajstić information content (AvgIpc) is 3.01. The molecule has 1 heterocycles. The van der Waals surface area contributed by atoms with Crippen LogP contribution in [-0.4, -0.2) is 52.8 Å².